The number of carbonyl (C=O) groups excluding carboxylic acids is 1. The van der Waals surface area contributed by atoms with Gasteiger partial charge in [-0.3, -0.25) is 0 Å². The number of nitrogens with zero attached hydrogens (tertiary/aromatic N) is 3. The van der Waals surface area contributed by atoms with Crippen LogP contribution in [0.15, 0.2) is 29.2 Å². The number of nitrogens with one attached hydrogen (secondary N) is 1. The summed E-state index contributed by atoms with van der Waals surface area (Å²) in [6.45, 7) is 9.04. The first-order chi connectivity index (χ1) is 15.8. The van der Waals surface area contributed by atoms with Gasteiger partial charge in [0.2, 0.25) is 10.0 Å². The maximum absolute atomic E-state index is 13.0. The topological polar surface area (TPSA) is 73.0 Å². The molecule has 3 aliphatic rings. The lowest BCUT2D eigenvalue weighted by Gasteiger charge is -2.37. The van der Waals surface area contributed by atoms with Gasteiger partial charge in [-0.2, -0.15) is 4.31 Å². The predicted octanol–water partition coefficient (Wildman–Crippen LogP) is 3.48. The smallest absolute Gasteiger partial charge is 0.317 e. The van der Waals surface area contributed by atoms with Crippen molar-refractivity contribution in [2.45, 2.75) is 69.2 Å². The number of carbonyl (C=O) groups is 1. The molecule has 184 valence electrons. The molecule has 0 aromatic heterocycles. The Kier molecular flexibility index (Phi) is 7.97. The molecule has 0 atom stereocenters. The molecule has 0 spiro atoms. The van der Waals surface area contributed by atoms with Gasteiger partial charge in [0.15, 0.2) is 0 Å². The Balaban J connectivity index is 1.22. The van der Waals surface area contributed by atoms with Crippen molar-refractivity contribution in [3.05, 3.63) is 29.8 Å². The van der Waals surface area contributed by atoms with Crippen molar-refractivity contribution in [1.29, 1.82) is 0 Å². The minimum absolute atomic E-state index is 0.0532. The fraction of sp³-hybridized carbons (Fsp3) is 0.720. The molecule has 2 amide bonds. The number of hydrogen-bond acceptors (Lipinski definition) is 4. The van der Waals surface area contributed by atoms with Gasteiger partial charge < -0.3 is 15.1 Å². The summed E-state index contributed by atoms with van der Waals surface area (Å²) in [6.07, 6.45) is 7.52. The zero-order chi connectivity index (χ0) is 23.4. The van der Waals surface area contributed by atoms with Crippen LogP contribution in [-0.2, 0) is 10.0 Å². The normalized spacial score (nSPS) is 22.2. The van der Waals surface area contributed by atoms with Crippen LogP contribution in [0.4, 0.5) is 4.79 Å². The lowest BCUT2D eigenvalue weighted by molar-refractivity contribution is 0.149. The first-order valence-electron chi connectivity index (χ1n) is 12.7. The van der Waals surface area contributed by atoms with Gasteiger partial charge in [-0.1, -0.05) is 38.8 Å². The summed E-state index contributed by atoms with van der Waals surface area (Å²) < 4.78 is 27.5. The molecule has 1 saturated carbocycles. The van der Waals surface area contributed by atoms with Crippen molar-refractivity contribution in [2.24, 2.45) is 5.92 Å². The Labute approximate surface area is 199 Å². The summed E-state index contributed by atoms with van der Waals surface area (Å²) in [5.41, 5.74) is 1.12. The summed E-state index contributed by atoms with van der Waals surface area (Å²) in [7, 11) is -3.53. The average molecular weight is 477 g/mol. The SMILES string of the molecule is CC(C)c1ccc(S(=O)(=O)N2CCN(C(=O)NC3CCN(CC4CCCC4)CC3)CC2)cc1. The summed E-state index contributed by atoms with van der Waals surface area (Å²) >= 11 is 0. The number of rotatable bonds is 6. The molecule has 33 heavy (non-hydrogen) atoms. The van der Waals surface area contributed by atoms with Crippen LogP contribution < -0.4 is 5.32 Å². The van der Waals surface area contributed by atoms with Crippen LogP contribution in [0, 0.1) is 5.92 Å². The number of benzene rings is 1. The molecule has 4 rings (SSSR count). The average Bonchev–Trinajstić information content (AvgIpc) is 3.33. The molecule has 1 aliphatic carbocycles. The lowest BCUT2D eigenvalue weighted by atomic mass is 10.0. The molecule has 3 fully saturated rings. The second-order valence-corrected chi connectivity index (χ2v) is 12.2. The number of amides is 2. The molecular weight excluding hydrogens is 436 g/mol. The van der Waals surface area contributed by atoms with Crippen molar-refractivity contribution < 1.29 is 13.2 Å². The summed E-state index contributed by atoms with van der Waals surface area (Å²) in [5, 5.41) is 3.20. The summed E-state index contributed by atoms with van der Waals surface area (Å²) in [4.78, 5) is 17.4. The highest BCUT2D eigenvalue weighted by Gasteiger charge is 2.31. The van der Waals surface area contributed by atoms with Crippen molar-refractivity contribution in [1.82, 2.24) is 19.4 Å². The molecule has 2 aliphatic heterocycles. The van der Waals surface area contributed by atoms with Crippen molar-refractivity contribution in [2.75, 3.05) is 45.8 Å². The van der Waals surface area contributed by atoms with E-state index in [1.165, 1.54) is 36.5 Å². The third-order valence-electron chi connectivity index (χ3n) is 7.62. The van der Waals surface area contributed by atoms with Crippen LogP contribution in [0.5, 0.6) is 0 Å². The quantitative estimate of drug-likeness (QED) is 0.682. The second-order valence-electron chi connectivity index (χ2n) is 10.3. The van der Waals surface area contributed by atoms with E-state index in [9.17, 15) is 13.2 Å². The van der Waals surface area contributed by atoms with Crippen LogP contribution >= 0.6 is 0 Å². The zero-order valence-electron chi connectivity index (χ0n) is 20.2. The minimum Gasteiger partial charge on any atom is -0.335 e. The van der Waals surface area contributed by atoms with Crippen molar-refractivity contribution in [3.8, 4) is 0 Å². The fourth-order valence-electron chi connectivity index (χ4n) is 5.39. The van der Waals surface area contributed by atoms with E-state index in [1.54, 1.807) is 17.0 Å². The van der Waals surface area contributed by atoms with Crippen LogP contribution in [0.1, 0.15) is 63.9 Å². The molecule has 1 N–H and O–H groups in total. The number of likely N-dealkylation sites (tertiary alicyclic amines) is 1. The Hall–Kier alpha value is -1.64. The molecule has 1 aromatic carbocycles. The fourth-order valence-corrected chi connectivity index (χ4v) is 6.81. The molecule has 8 heteroatoms. The maximum Gasteiger partial charge on any atom is 0.317 e. The van der Waals surface area contributed by atoms with Gasteiger partial charge in [-0.25, -0.2) is 13.2 Å². The minimum atomic E-state index is -3.53. The second kappa shape index (κ2) is 10.7. The molecular formula is C25H40N4O3S. The van der Waals surface area contributed by atoms with E-state index in [2.05, 4.69) is 24.1 Å². The molecule has 2 heterocycles. The van der Waals surface area contributed by atoms with E-state index >= 15 is 0 Å². The van der Waals surface area contributed by atoms with E-state index < -0.39 is 10.0 Å². The van der Waals surface area contributed by atoms with Crippen LogP contribution in [0.2, 0.25) is 0 Å². The highest BCUT2D eigenvalue weighted by atomic mass is 32.2. The van der Waals surface area contributed by atoms with Crippen molar-refractivity contribution in [3.63, 3.8) is 0 Å². The van der Waals surface area contributed by atoms with E-state index in [-0.39, 0.29) is 12.1 Å². The Morgan fingerprint density at radius 2 is 1.55 bits per heavy atom. The van der Waals surface area contributed by atoms with Gasteiger partial charge in [-0.15, -0.1) is 0 Å². The van der Waals surface area contributed by atoms with Gasteiger partial charge in [0.1, 0.15) is 0 Å². The third-order valence-corrected chi connectivity index (χ3v) is 9.53. The maximum atomic E-state index is 13.0. The first kappa shape index (κ1) is 24.5. The number of sulfonamides is 1. The monoisotopic (exact) mass is 476 g/mol. The number of hydrogen-bond donors (Lipinski definition) is 1. The Morgan fingerprint density at radius 3 is 2.12 bits per heavy atom. The highest BCUT2D eigenvalue weighted by Crippen LogP contribution is 2.26. The summed E-state index contributed by atoms with van der Waals surface area (Å²) in [6, 6.07) is 7.34. The van der Waals surface area contributed by atoms with E-state index in [0.717, 1.165) is 37.4 Å². The van der Waals surface area contributed by atoms with E-state index in [4.69, 9.17) is 0 Å². The zero-order valence-corrected chi connectivity index (χ0v) is 21.0. The number of piperazine rings is 1. The molecule has 0 bridgehead atoms. The predicted molar refractivity (Wildman–Crippen MR) is 131 cm³/mol. The molecule has 0 unspecified atom stereocenters. The summed E-state index contributed by atoms with van der Waals surface area (Å²) in [5.74, 6) is 1.24. The molecule has 1 aromatic rings. The third kappa shape index (κ3) is 6.08. The first-order valence-corrected chi connectivity index (χ1v) is 14.1. The Morgan fingerprint density at radius 1 is 0.939 bits per heavy atom. The van der Waals surface area contributed by atoms with Crippen LogP contribution in [-0.4, -0.2) is 80.4 Å². The van der Waals surface area contributed by atoms with Gasteiger partial charge >= 0.3 is 6.03 Å². The van der Waals surface area contributed by atoms with Gasteiger partial charge in [0, 0.05) is 51.9 Å². The molecule has 2 saturated heterocycles. The lowest BCUT2D eigenvalue weighted by Crippen LogP contribution is -2.55. The Bertz CT molecular complexity index is 881. The standard InChI is InChI=1S/C25H40N4O3S/c1-20(2)22-7-9-24(10-8-22)33(31,32)29-17-15-28(16-18-29)25(30)26-23-11-13-27(14-12-23)19-21-5-3-4-6-21/h7-10,20-21,23H,3-6,11-19H2,1-2H3,(H,26,30). The number of urea groups is 1. The van der Waals surface area contributed by atoms with Gasteiger partial charge in [-0.05, 0) is 55.2 Å². The van der Waals surface area contributed by atoms with Crippen molar-refractivity contribution >= 4 is 16.1 Å². The van der Waals surface area contributed by atoms with Gasteiger partial charge in [0.25, 0.3) is 0 Å². The number of piperidine rings is 1. The molecule has 7 nitrogen and oxygen atoms in total. The van der Waals surface area contributed by atoms with E-state index in [0.29, 0.717) is 37.0 Å². The van der Waals surface area contributed by atoms with E-state index in [1.807, 2.05) is 12.1 Å². The van der Waals surface area contributed by atoms with Gasteiger partial charge in [0.05, 0.1) is 4.90 Å². The van der Waals surface area contributed by atoms with Crippen LogP contribution in [0.25, 0.3) is 0 Å². The highest BCUT2D eigenvalue weighted by molar-refractivity contribution is 7.89. The largest absolute Gasteiger partial charge is 0.335 e. The molecule has 0 radical (unpaired) electrons. The van der Waals surface area contributed by atoms with Crippen LogP contribution in [0.3, 0.4) is 0 Å².